The molecular weight excluding hydrogens is 391 g/mol. The molecule has 2 heterocycles. The van der Waals surface area contributed by atoms with Crippen molar-refractivity contribution >= 4 is 17.4 Å². The maximum atomic E-state index is 14.2. The lowest BCUT2D eigenvalue weighted by Crippen LogP contribution is -2.54. The predicted molar refractivity (Wildman–Crippen MR) is 124 cm³/mol. The van der Waals surface area contributed by atoms with Crippen LogP contribution in [-0.4, -0.2) is 48.7 Å². The van der Waals surface area contributed by atoms with E-state index in [1.807, 2.05) is 41.3 Å². The molecule has 0 radical (unpaired) electrons. The fraction of sp³-hybridized carbons (Fsp3) is 0.480. The van der Waals surface area contributed by atoms with Crippen molar-refractivity contribution in [1.82, 2.24) is 10.2 Å². The molecular formula is C25H33FN4O. The lowest BCUT2D eigenvalue weighted by molar-refractivity contribution is 0.0980. The highest BCUT2D eigenvalue weighted by Crippen LogP contribution is 2.34. The molecule has 0 spiro atoms. The maximum absolute atomic E-state index is 14.2. The first-order valence-corrected chi connectivity index (χ1v) is 11.2. The van der Waals surface area contributed by atoms with Gasteiger partial charge >= 0.3 is 6.03 Å². The van der Waals surface area contributed by atoms with Crippen LogP contribution in [-0.2, 0) is 6.54 Å². The SMILES string of the molecule is CC(C)(C)N1CCC(NC(=O)N2CCN(Cc3ccccc3F)c3ccccc32)CC1. The third-order valence-electron chi connectivity index (χ3n) is 6.44. The molecule has 1 fully saturated rings. The first kappa shape index (κ1) is 21.6. The Hall–Kier alpha value is -2.60. The maximum Gasteiger partial charge on any atom is 0.322 e. The van der Waals surface area contributed by atoms with Crippen LogP contribution in [0, 0.1) is 5.82 Å². The van der Waals surface area contributed by atoms with E-state index < -0.39 is 0 Å². The second-order valence-corrected chi connectivity index (χ2v) is 9.53. The minimum absolute atomic E-state index is 0.0350. The summed E-state index contributed by atoms with van der Waals surface area (Å²) < 4.78 is 14.2. The first-order chi connectivity index (χ1) is 14.8. The topological polar surface area (TPSA) is 38.8 Å². The zero-order valence-corrected chi connectivity index (χ0v) is 18.8. The monoisotopic (exact) mass is 424 g/mol. The van der Waals surface area contributed by atoms with Crippen LogP contribution in [0.4, 0.5) is 20.6 Å². The molecule has 31 heavy (non-hydrogen) atoms. The van der Waals surface area contributed by atoms with E-state index in [-0.39, 0.29) is 23.4 Å². The number of halogens is 1. The van der Waals surface area contributed by atoms with Gasteiger partial charge in [0, 0.05) is 49.9 Å². The lowest BCUT2D eigenvalue weighted by Gasteiger charge is -2.42. The fourth-order valence-corrected chi connectivity index (χ4v) is 4.58. The van der Waals surface area contributed by atoms with Crippen LogP contribution in [0.2, 0.25) is 0 Å². The zero-order valence-electron chi connectivity index (χ0n) is 18.8. The van der Waals surface area contributed by atoms with E-state index in [2.05, 4.69) is 35.9 Å². The number of anilines is 2. The predicted octanol–water partition coefficient (Wildman–Crippen LogP) is 4.62. The quantitative estimate of drug-likeness (QED) is 0.781. The number of hydrogen-bond acceptors (Lipinski definition) is 3. The van der Waals surface area contributed by atoms with Crippen LogP contribution in [0.25, 0.3) is 0 Å². The second-order valence-electron chi connectivity index (χ2n) is 9.53. The molecule has 166 valence electrons. The van der Waals surface area contributed by atoms with Crippen LogP contribution < -0.4 is 15.1 Å². The zero-order chi connectivity index (χ0) is 22.0. The molecule has 0 bridgehead atoms. The van der Waals surface area contributed by atoms with Crippen molar-refractivity contribution in [2.75, 3.05) is 36.0 Å². The average molecular weight is 425 g/mol. The smallest absolute Gasteiger partial charge is 0.322 e. The van der Waals surface area contributed by atoms with Gasteiger partial charge in [0.2, 0.25) is 0 Å². The third kappa shape index (κ3) is 4.85. The second kappa shape index (κ2) is 8.87. The molecule has 0 saturated carbocycles. The third-order valence-corrected chi connectivity index (χ3v) is 6.44. The summed E-state index contributed by atoms with van der Waals surface area (Å²) >= 11 is 0. The summed E-state index contributed by atoms with van der Waals surface area (Å²) in [5, 5.41) is 3.26. The van der Waals surface area contributed by atoms with Crippen molar-refractivity contribution < 1.29 is 9.18 Å². The Balaban J connectivity index is 1.43. The summed E-state index contributed by atoms with van der Waals surface area (Å²) in [6.07, 6.45) is 1.94. The van der Waals surface area contributed by atoms with Crippen molar-refractivity contribution in [2.24, 2.45) is 0 Å². The standard InChI is InChI=1S/C25H33FN4O/c1-25(2,3)29-14-12-20(13-15-29)27-24(31)30-17-16-28(22-10-6-7-11-23(22)30)18-19-8-4-5-9-21(19)26/h4-11,20H,12-18H2,1-3H3,(H,27,31). The molecule has 2 amide bonds. The summed E-state index contributed by atoms with van der Waals surface area (Å²) in [5.74, 6) is -0.193. The van der Waals surface area contributed by atoms with Crippen molar-refractivity contribution in [3.8, 4) is 0 Å². The summed E-state index contributed by atoms with van der Waals surface area (Å²) in [7, 11) is 0. The Bertz CT molecular complexity index is 918. The number of urea groups is 1. The Labute approximate surface area is 184 Å². The van der Waals surface area contributed by atoms with Gasteiger partial charge in [-0.05, 0) is 51.8 Å². The van der Waals surface area contributed by atoms with E-state index in [0.717, 1.165) is 37.3 Å². The molecule has 0 aliphatic carbocycles. The van der Waals surface area contributed by atoms with E-state index in [9.17, 15) is 9.18 Å². The molecule has 1 N–H and O–H groups in total. The Morgan fingerprint density at radius 2 is 1.61 bits per heavy atom. The van der Waals surface area contributed by atoms with Crippen LogP contribution in [0.15, 0.2) is 48.5 Å². The van der Waals surface area contributed by atoms with E-state index in [1.54, 1.807) is 6.07 Å². The van der Waals surface area contributed by atoms with Gasteiger partial charge in [-0.3, -0.25) is 9.80 Å². The van der Waals surface area contributed by atoms with E-state index in [1.165, 1.54) is 6.07 Å². The molecule has 5 nitrogen and oxygen atoms in total. The number of fused-ring (bicyclic) bond motifs is 1. The van der Waals surface area contributed by atoms with Gasteiger partial charge in [0.1, 0.15) is 5.82 Å². The molecule has 0 atom stereocenters. The van der Waals surface area contributed by atoms with Gasteiger partial charge in [-0.2, -0.15) is 0 Å². The molecule has 0 unspecified atom stereocenters. The van der Waals surface area contributed by atoms with Crippen LogP contribution >= 0.6 is 0 Å². The number of benzene rings is 2. The largest absolute Gasteiger partial charge is 0.364 e. The number of likely N-dealkylation sites (tertiary alicyclic amines) is 1. The summed E-state index contributed by atoms with van der Waals surface area (Å²) in [5.41, 5.74) is 2.69. The number of nitrogens with one attached hydrogen (secondary N) is 1. The summed E-state index contributed by atoms with van der Waals surface area (Å²) in [6.45, 7) is 10.5. The number of hydrogen-bond donors (Lipinski definition) is 1. The molecule has 2 aromatic rings. The molecule has 2 aromatic carbocycles. The van der Waals surface area contributed by atoms with Gasteiger partial charge in [-0.15, -0.1) is 0 Å². The lowest BCUT2D eigenvalue weighted by atomic mass is 9.98. The van der Waals surface area contributed by atoms with Crippen LogP contribution in [0.1, 0.15) is 39.2 Å². The molecule has 2 aliphatic rings. The van der Waals surface area contributed by atoms with Crippen LogP contribution in [0.5, 0.6) is 0 Å². The van der Waals surface area contributed by atoms with Crippen molar-refractivity contribution in [2.45, 2.75) is 51.7 Å². The van der Waals surface area contributed by atoms with Crippen LogP contribution in [0.3, 0.4) is 0 Å². The Morgan fingerprint density at radius 3 is 2.29 bits per heavy atom. The number of rotatable bonds is 3. The normalized spacial score (nSPS) is 18.1. The number of carbonyl (C=O) groups is 1. The number of nitrogens with zero attached hydrogens (tertiary/aromatic N) is 3. The summed E-state index contributed by atoms with van der Waals surface area (Å²) in [6, 6.07) is 15.0. The molecule has 0 aromatic heterocycles. The average Bonchev–Trinajstić information content (AvgIpc) is 2.75. The van der Waals surface area contributed by atoms with E-state index in [0.29, 0.717) is 25.2 Å². The van der Waals surface area contributed by atoms with Gasteiger partial charge in [0.25, 0.3) is 0 Å². The van der Waals surface area contributed by atoms with Gasteiger partial charge in [0.15, 0.2) is 0 Å². The molecule has 4 rings (SSSR count). The Morgan fingerprint density at radius 1 is 0.968 bits per heavy atom. The van der Waals surface area contributed by atoms with Gasteiger partial charge in [-0.1, -0.05) is 30.3 Å². The van der Waals surface area contributed by atoms with E-state index >= 15 is 0 Å². The number of para-hydroxylation sites is 2. The fourth-order valence-electron chi connectivity index (χ4n) is 4.58. The number of amides is 2. The molecule has 2 aliphatic heterocycles. The highest BCUT2D eigenvalue weighted by Gasteiger charge is 2.31. The number of piperidine rings is 1. The molecule has 6 heteroatoms. The highest BCUT2D eigenvalue weighted by molar-refractivity contribution is 5.97. The molecule has 1 saturated heterocycles. The first-order valence-electron chi connectivity index (χ1n) is 11.2. The van der Waals surface area contributed by atoms with Gasteiger partial charge in [0.05, 0.1) is 11.4 Å². The Kier molecular flexibility index (Phi) is 6.19. The number of carbonyl (C=O) groups excluding carboxylic acids is 1. The minimum Gasteiger partial charge on any atom is -0.364 e. The summed E-state index contributed by atoms with van der Waals surface area (Å²) in [4.78, 5) is 19.6. The minimum atomic E-state index is -0.193. The highest BCUT2D eigenvalue weighted by atomic mass is 19.1. The van der Waals surface area contributed by atoms with Crippen molar-refractivity contribution in [1.29, 1.82) is 0 Å². The van der Waals surface area contributed by atoms with Crippen molar-refractivity contribution in [3.63, 3.8) is 0 Å². The van der Waals surface area contributed by atoms with E-state index in [4.69, 9.17) is 0 Å². The van der Waals surface area contributed by atoms with Crippen molar-refractivity contribution in [3.05, 3.63) is 59.9 Å². The van der Waals surface area contributed by atoms with Gasteiger partial charge in [-0.25, -0.2) is 9.18 Å². The van der Waals surface area contributed by atoms with Gasteiger partial charge < -0.3 is 10.2 Å².